The van der Waals surface area contributed by atoms with E-state index >= 15 is 0 Å². The van der Waals surface area contributed by atoms with Gasteiger partial charge in [0.25, 0.3) is 5.91 Å². The maximum atomic E-state index is 13.3. The first kappa shape index (κ1) is 20.5. The van der Waals surface area contributed by atoms with E-state index in [1.54, 1.807) is 11.6 Å². The van der Waals surface area contributed by atoms with E-state index in [2.05, 4.69) is 12.2 Å². The van der Waals surface area contributed by atoms with E-state index in [-0.39, 0.29) is 17.7 Å². The Kier molecular flexibility index (Phi) is 4.85. The predicted molar refractivity (Wildman–Crippen MR) is 119 cm³/mol. The fourth-order valence-corrected chi connectivity index (χ4v) is 6.82. The van der Waals surface area contributed by atoms with Gasteiger partial charge in [0.05, 0.1) is 11.3 Å². The standard InChI is InChI=1S/C26H32N2O3/c1-4-16-6-5-7-18(9-16)24(29)21-8-15(2)23(28(21)3)25(30)27-22-19-10-17-11-20(22)14-26(31,12-17)13-19/h5-9,17,19-20,22,31H,4,10-14H2,1-3H3,(H,27,30). The van der Waals surface area contributed by atoms with Crippen LogP contribution in [0.25, 0.3) is 0 Å². The van der Waals surface area contributed by atoms with Gasteiger partial charge in [0, 0.05) is 18.7 Å². The highest BCUT2D eigenvalue weighted by Crippen LogP contribution is 2.55. The van der Waals surface area contributed by atoms with Gasteiger partial charge < -0.3 is 15.0 Å². The topological polar surface area (TPSA) is 71.3 Å². The molecule has 2 N–H and O–H groups in total. The molecule has 1 aromatic heterocycles. The van der Waals surface area contributed by atoms with Crippen LogP contribution in [0, 0.1) is 24.7 Å². The van der Waals surface area contributed by atoms with E-state index < -0.39 is 5.60 Å². The van der Waals surface area contributed by atoms with Crippen molar-refractivity contribution in [3.63, 3.8) is 0 Å². The van der Waals surface area contributed by atoms with Crippen LogP contribution in [0.1, 0.15) is 76.7 Å². The van der Waals surface area contributed by atoms with Crippen molar-refractivity contribution >= 4 is 11.7 Å². The molecule has 31 heavy (non-hydrogen) atoms. The van der Waals surface area contributed by atoms with Crippen molar-refractivity contribution in [3.8, 4) is 0 Å². The Balaban J connectivity index is 1.38. The summed E-state index contributed by atoms with van der Waals surface area (Å²) in [6.07, 6.45) is 5.62. The molecule has 0 spiro atoms. The lowest BCUT2D eigenvalue weighted by molar-refractivity contribution is -0.137. The maximum absolute atomic E-state index is 13.3. The molecule has 6 rings (SSSR count). The van der Waals surface area contributed by atoms with Crippen molar-refractivity contribution in [3.05, 3.63) is 58.4 Å². The van der Waals surface area contributed by atoms with E-state index in [1.807, 2.05) is 37.3 Å². The van der Waals surface area contributed by atoms with E-state index in [1.165, 1.54) is 0 Å². The molecule has 1 amide bonds. The molecule has 164 valence electrons. The molecule has 2 aromatic rings. The van der Waals surface area contributed by atoms with Crippen LogP contribution in [0.3, 0.4) is 0 Å². The van der Waals surface area contributed by atoms with E-state index in [0.717, 1.165) is 49.7 Å². The van der Waals surface area contributed by atoms with Crippen molar-refractivity contribution < 1.29 is 14.7 Å². The molecule has 5 heteroatoms. The van der Waals surface area contributed by atoms with Crippen molar-refractivity contribution in [2.45, 2.75) is 64.0 Å². The smallest absolute Gasteiger partial charge is 0.268 e. The quantitative estimate of drug-likeness (QED) is 0.723. The van der Waals surface area contributed by atoms with Crippen molar-refractivity contribution in [2.75, 3.05) is 0 Å². The van der Waals surface area contributed by atoms with Crippen LogP contribution in [-0.2, 0) is 13.5 Å². The monoisotopic (exact) mass is 420 g/mol. The van der Waals surface area contributed by atoms with Crippen LogP contribution in [0.5, 0.6) is 0 Å². The van der Waals surface area contributed by atoms with Gasteiger partial charge in [0.15, 0.2) is 0 Å². The van der Waals surface area contributed by atoms with Crippen molar-refractivity contribution in [1.82, 2.24) is 9.88 Å². The Morgan fingerprint density at radius 3 is 2.52 bits per heavy atom. The number of ketones is 1. The zero-order chi connectivity index (χ0) is 21.9. The molecule has 2 atom stereocenters. The molecule has 2 unspecified atom stereocenters. The average Bonchev–Trinajstić information content (AvgIpc) is 3.03. The molecule has 4 aliphatic rings. The first-order chi connectivity index (χ1) is 14.8. The summed E-state index contributed by atoms with van der Waals surface area (Å²) in [7, 11) is 1.80. The number of hydrogen-bond acceptors (Lipinski definition) is 3. The Hall–Kier alpha value is -2.40. The van der Waals surface area contributed by atoms with Crippen LogP contribution in [0.4, 0.5) is 0 Å². The van der Waals surface area contributed by atoms with Crippen LogP contribution < -0.4 is 5.32 Å². The number of carbonyl (C=O) groups is 2. The SMILES string of the molecule is CCc1cccc(C(=O)c2cc(C)c(C(=O)NC3C4CC5CC3CC(O)(C5)C4)n2C)c1. The molecule has 4 bridgehead atoms. The minimum Gasteiger partial charge on any atom is -0.390 e. The highest BCUT2D eigenvalue weighted by Gasteiger charge is 2.55. The van der Waals surface area contributed by atoms with E-state index in [9.17, 15) is 14.7 Å². The van der Waals surface area contributed by atoms with Gasteiger partial charge in [-0.3, -0.25) is 9.59 Å². The Labute approximate surface area is 183 Å². The van der Waals surface area contributed by atoms with Gasteiger partial charge in [-0.1, -0.05) is 25.1 Å². The third-order valence-electron chi connectivity index (χ3n) is 8.01. The summed E-state index contributed by atoms with van der Waals surface area (Å²) in [5, 5.41) is 14.1. The molecule has 4 saturated carbocycles. The number of aliphatic hydroxyl groups is 1. The van der Waals surface area contributed by atoms with Gasteiger partial charge in [0.2, 0.25) is 5.78 Å². The number of aryl methyl sites for hydroxylation is 2. The molecule has 1 heterocycles. The number of nitrogens with zero attached hydrogens (tertiary/aromatic N) is 1. The molecule has 0 aliphatic heterocycles. The van der Waals surface area contributed by atoms with E-state index in [0.29, 0.717) is 34.7 Å². The molecular formula is C26H32N2O3. The van der Waals surface area contributed by atoms with Crippen LogP contribution >= 0.6 is 0 Å². The zero-order valence-electron chi connectivity index (χ0n) is 18.6. The highest BCUT2D eigenvalue weighted by molar-refractivity contribution is 6.09. The number of carbonyl (C=O) groups excluding carboxylic acids is 2. The van der Waals surface area contributed by atoms with Gasteiger partial charge in [-0.2, -0.15) is 0 Å². The molecule has 0 saturated heterocycles. The minimum absolute atomic E-state index is 0.0585. The highest BCUT2D eigenvalue weighted by atomic mass is 16.3. The van der Waals surface area contributed by atoms with Gasteiger partial charge in [-0.05, 0) is 86.5 Å². The molecule has 1 aromatic carbocycles. The van der Waals surface area contributed by atoms with Gasteiger partial charge in [-0.15, -0.1) is 0 Å². The normalized spacial score (nSPS) is 31.1. The summed E-state index contributed by atoms with van der Waals surface area (Å²) in [5.74, 6) is 1.16. The summed E-state index contributed by atoms with van der Waals surface area (Å²) in [6, 6.07) is 9.66. The molecule has 5 nitrogen and oxygen atoms in total. The third kappa shape index (κ3) is 3.43. The fraction of sp³-hybridized carbons (Fsp3) is 0.538. The summed E-state index contributed by atoms with van der Waals surface area (Å²) in [6.45, 7) is 3.97. The van der Waals surface area contributed by atoms with Crippen molar-refractivity contribution in [2.24, 2.45) is 24.8 Å². The molecule has 4 aliphatic carbocycles. The zero-order valence-corrected chi connectivity index (χ0v) is 18.6. The number of aromatic nitrogens is 1. The molecule has 4 fully saturated rings. The van der Waals surface area contributed by atoms with Crippen LogP contribution in [0.2, 0.25) is 0 Å². The Morgan fingerprint density at radius 2 is 1.87 bits per heavy atom. The van der Waals surface area contributed by atoms with Crippen LogP contribution in [0.15, 0.2) is 30.3 Å². The largest absolute Gasteiger partial charge is 0.390 e. The lowest BCUT2D eigenvalue weighted by Crippen LogP contribution is -2.61. The second-order valence-electron chi connectivity index (χ2n) is 10.2. The Bertz CT molecular complexity index is 1040. The number of amides is 1. The maximum Gasteiger partial charge on any atom is 0.268 e. The summed E-state index contributed by atoms with van der Waals surface area (Å²) < 4.78 is 1.75. The second-order valence-corrected chi connectivity index (χ2v) is 10.2. The lowest BCUT2D eigenvalue weighted by Gasteiger charge is -2.58. The summed E-state index contributed by atoms with van der Waals surface area (Å²) in [4.78, 5) is 26.5. The molecule has 0 radical (unpaired) electrons. The van der Waals surface area contributed by atoms with Crippen LogP contribution in [-0.4, -0.2) is 33.0 Å². The fourth-order valence-electron chi connectivity index (χ4n) is 6.82. The third-order valence-corrected chi connectivity index (χ3v) is 8.01. The van der Waals surface area contributed by atoms with Gasteiger partial charge in [-0.25, -0.2) is 0 Å². The van der Waals surface area contributed by atoms with Gasteiger partial charge >= 0.3 is 0 Å². The summed E-state index contributed by atoms with van der Waals surface area (Å²) in [5.41, 5.74) is 3.18. The van der Waals surface area contributed by atoms with E-state index in [4.69, 9.17) is 0 Å². The van der Waals surface area contributed by atoms with Gasteiger partial charge in [0.1, 0.15) is 5.69 Å². The summed E-state index contributed by atoms with van der Waals surface area (Å²) >= 11 is 0. The van der Waals surface area contributed by atoms with Crippen molar-refractivity contribution in [1.29, 1.82) is 0 Å². The predicted octanol–water partition coefficient (Wildman–Crippen LogP) is 3.80. The molecular weight excluding hydrogens is 388 g/mol. The minimum atomic E-state index is -0.509. The number of rotatable bonds is 5. The number of nitrogens with one attached hydrogen (secondary N) is 1. The first-order valence-electron chi connectivity index (χ1n) is 11.6. The number of benzene rings is 1. The lowest BCUT2D eigenvalue weighted by atomic mass is 9.52. The first-order valence-corrected chi connectivity index (χ1v) is 11.6. The number of hydrogen-bond donors (Lipinski definition) is 2. The average molecular weight is 421 g/mol. The Morgan fingerprint density at radius 1 is 1.16 bits per heavy atom. The second kappa shape index (κ2) is 7.33.